The predicted molar refractivity (Wildman–Crippen MR) is 84.5 cm³/mol. The molecule has 0 aliphatic heterocycles. The van der Waals surface area contributed by atoms with E-state index in [-0.39, 0.29) is 27.5 Å². The van der Waals surface area contributed by atoms with Crippen LogP contribution in [0.25, 0.3) is 0 Å². The zero-order valence-corrected chi connectivity index (χ0v) is 13.6. The van der Waals surface area contributed by atoms with Crippen molar-refractivity contribution >= 4 is 11.5 Å². The summed E-state index contributed by atoms with van der Waals surface area (Å²) < 4.78 is 0. The molecule has 5 nitrogen and oxygen atoms in total. The van der Waals surface area contributed by atoms with E-state index >= 15 is 0 Å². The van der Waals surface area contributed by atoms with Crippen LogP contribution in [-0.4, -0.2) is 15.9 Å². The standard InChI is InChI=1S/C16H25N3O2/c1-11-6-7-17-14(13(11)19(20)21)18-12-8-15(2,3)10-16(4,5)9-12/h6-7,12H,8-10H2,1-5H3,(H,17,18). The minimum Gasteiger partial charge on any atom is -0.362 e. The number of hydrogen-bond acceptors (Lipinski definition) is 4. The molecule has 1 aromatic rings. The Morgan fingerprint density at radius 1 is 1.29 bits per heavy atom. The van der Waals surface area contributed by atoms with Crippen LogP contribution in [0.2, 0.25) is 0 Å². The topological polar surface area (TPSA) is 68.1 Å². The molecule has 0 aromatic carbocycles. The Labute approximate surface area is 126 Å². The van der Waals surface area contributed by atoms with Crippen molar-refractivity contribution in [1.29, 1.82) is 0 Å². The highest BCUT2D eigenvalue weighted by Crippen LogP contribution is 2.46. The summed E-state index contributed by atoms with van der Waals surface area (Å²) in [5.41, 5.74) is 1.21. The van der Waals surface area contributed by atoms with Gasteiger partial charge in [-0.25, -0.2) is 4.98 Å². The molecule has 1 N–H and O–H groups in total. The van der Waals surface area contributed by atoms with E-state index in [4.69, 9.17) is 0 Å². The third kappa shape index (κ3) is 3.71. The van der Waals surface area contributed by atoms with Crippen LogP contribution < -0.4 is 5.32 Å². The second kappa shape index (κ2) is 5.28. The van der Waals surface area contributed by atoms with Crippen LogP contribution in [0, 0.1) is 27.9 Å². The van der Waals surface area contributed by atoms with Gasteiger partial charge in [0.25, 0.3) is 0 Å². The van der Waals surface area contributed by atoms with E-state index in [0.717, 1.165) is 12.8 Å². The fourth-order valence-corrected chi connectivity index (χ4v) is 4.03. The third-order valence-electron chi connectivity index (χ3n) is 4.20. The van der Waals surface area contributed by atoms with Gasteiger partial charge in [-0.15, -0.1) is 0 Å². The zero-order chi connectivity index (χ0) is 15.8. The molecular formula is C16H25N3O2. The SMILES string of the molecule is Cc1ccnc(NC2CC(C)(C)CC(C)(C)C2)c1[N+](=O)[O-]. The lowest BCUT2D eigenvalue weighted by Crippen LogP contribution is -2.40. The molecule has 0 radical (unpaired) electrons. The number of hydrogen-bond donors (Lipinski definition) is 1. The zero-order valence-electron chi connectivity index (χ0n) is 13.6. The van der Waals surface area contributed by atoms with Crippen LogP contribution in [0.15, 0.2) is 12.3 Å². The number of nitro groups is 1. The van der Waals surface area contributed by atoms with Crippen molar-refractivity contribution in [3.05, 3.63) is 27.9 Å². The molecule has 0 amide bonds. The molecule has 1 aliphatic carbocycles. The number of pyridine rings is 1. The monoisotopic (exact) mass is 291 g/mol. The Balaban J connectivity index is 2.26. The van der Waals surface area contributed by atoms with Crippen LogP contribution in [0.1, 0.15) is 52.5 Å². The Kier molecular flexibility index (Phi) is 3.95. The maximum absolute atomic E-state index is 11.3. The van der Waals surface area contributed by atoms with E-state index in [1.165, 1.54) is 6.42 Å². The third-order valence-corrected chi connectivity index (χ3v) is 4.20. The smallest absolute Gasteiger partial charge is 0.314 e. The molecule has 116 valence electrons. The molecule has 1 heterocycles. The van der Waals surface area contributed by atoms with E-state index in [1.54, 1.807) is 19.2 Å². The molecule has 5 heteroatoms. The summed E-state index contributed by atoms with van der Waals surface area (Å²) in [4.78, 5) is 15.1. The van der Waals surface area contributed by atoms with Crippen molar-refractivity contribution in [1.82, 2.24) is 4.98 Å². The van der Waals surface area contributed by atoms with Gasteiger partial charge < -0.3 is 5.32 Å². The van der Waals surface area contributed by atoms with Crippen molar-refractivity contribution in [2.45, 2.75) is 59.9 Å². The maximum Gasteiger partial charge on any atom is 0.314 e. The molecule has 1 saturated carbocycles. The van der Waals surface area contributed by atoms with Crippen LogP contribution in [0.3, 0.4) is 0 Å². The van der Waals surface area contributed by atoms with Crippen molar-refractivity contribution in [2.75, 3.05) is 5.32 Å². The van der Waals surface area contributed by atoms with E-state index in [1.807, 2.05) is 0 Å². The van der Waals surface area contributed by atoms with Crippen molar-refractivity contribution in [3.63, 3.8) is 0 Å². The summed E-state index contributed by atoms with van der Waals surface area (Å²) in [6.45, 7) is 10.8. The highest BCUT2D eigenvalue weighted by Gasteiger charge is 2.39. The van der Waals surface area contributed by atoms with Crippen molar-refractivity contribution in [2.24, 2.45) is 10.8 Å². The minimum atomic E-state index is -0.343. The molecule has 0 atom stereocenters. The number of nitrogens with one attached hydrogen (secondary N) is 1. The van der Waals surface area contributed by atoms with E-state index < -0.39 is 0 Å². The second-order valence-electron chi connectivity index (χ2n) is 7.84. The summed E-state index contributed by atoms with van der Waals surface area (Å²) >= 11 is 0. The van der Waals surface area contributed by atoms with Gasteiger partial charge in [-0.3, -0.25) is 10.1 Å². The van der Waals surface area contributed by atoms with Gasteiger partial charge in [-0.05, 0) is 43.1 Å². The largest absolute Gasteiger partial charge is 0.362 e. The van der Waals surface area contributed by atoms with E-state index in [0.29, 0.717) is 11.4 Å². The molecule has 21 heavy (non-hydrogen) atoms. The normalized spacial score (nSPS) is 21.0. The number of anilines is 1. The Hall–Kier alpha value is -1.65. The first-order chi connectivity index (χ1) is 9.60. The van der Waals surface area contributed by atoms with Crippen LogP contribution >= 0.6 is 0 Å². The highest BCUT2D eigenvalue weighted by atomic mass is 16.6. The van der Waals surface area contributed by atoms with Gasteiger partial charge >= 0.3 is 5.69 Å². The molecule has 1 aromatic heterocycles. The number of rotatable bonds is 3. The summed E-state index contributed by atoms with van der Waals surface area (Å²) in [5.74, 6) is 0.401. The number of nitrogens with zero attached hydrogens (tertiary/aromatic N) is 2. The van der Waals surface area contributed by atoms with Crippen molar-refractivity contribution in [3.8, 4) is 0 Å². The second-order valence-corrected chi connectivity index (χ2v) is 7.84. The van der Waals surface area contributed by atoms with E-state index in [2.05, 4.69) is 38.0 Å². The van der Waals surface area contributed by atoms with Crippen LogP contribution in [-0.2, 0) is 0 Å². The number of aromatic nitrogens is 1. The van der Waals surface area contributed by atoms with E-state index in [9.17, 15) is 10.1 Å². The molecule has 0 spiro atoms. The van der Waals surface area contributed by atoms with Gasteiger partial charge in [-0.1, -0.05) is 27.7 Å². The minimum absolute atomic E-state index is 0.0960. The Morgan fingerprint density at radius 2 is 1.86 bits per heavy atom. The average Bonchev–Trinajstić information content (AvgIpc) is 2.23. The van der Waals surface area contributed by atoms with Gasteiger partial charge in [0.05, 0.1) is 4.92 Å². The van der Waals surface area contributed by atoms with Gasteiger partial charge in [0.2, 0.25) is 5.82 Å². The Morgan fingerprint density at radius 3 is 2.38 bits per heavy atom. The lowest BCUT2D eigenvalue weighted by Gasteiger charge is -2.45. The molecule has 1 fully saturated rings. The lowest BCUT2D eigenvalue weighted by atomic mass is 9.63. The summed E-state index contributed by atoms with van der Waals surface area (Å²) in [7, 11) is 0. The molecule has 0 saturated heterocycles. The van der Waals surface area contributed by atoms with Gasteiger partial charge in [0.15, 0.2) is 0 Å². The molecule has 0 bridgehead atoms. The highest BCUT2D eigenvalue weighted by molar-refractivity contribution is 5.60. The molecular weight excluding hydrogens is 266 g/mol. The van der Waals surface area contributed by atoms with Crippen molar-refractivity contribution < 1.29 is 4.92 Å². The Bertz CT molecular complexity index is 536. The lowest BCUT2D eigenvalue weighted by molar-refractivity contribution is -0.384. The predicted octanol–water partition coefficient (Wildman–Crippen LogP) is 4.32. The fraction of sp³-hybridized carbons (Fsp3) is 0.688. The first kappa shape index (κ1) is 15.7. The number of aryl methyl sites for hydroxylation is 1. The van der Waals surface area contributed by atoms with Crippen LogP contribution in [0.5, 0.6) is 0 Å². The molecule has 2 rings (SSSR count). The van der Waals surface area contributed by atoms with Crippen LogP contribution in [0.4, 0.5) is 11.5 Å². The first-order valence-electron chi connectivity index (χ1n) is 7.46. The maximum atomic E-state index is 11.3. The van der Waals surface area contributed by atoms with Gasteiger partial charge in [0.1, 0.15) is 0 Å². The summed E-state index contributed by atoms with van der Waals surface area (Å²) in [6, 6.07) is 1.90. The quantitative estimate of drug-likeness (QED) is 0.665. The average molecular weight is 291 g/mol. The van der Waals surface area contributed by atoms with Gasteiger partial charge in [0, 0.05) is 17.8 Å². The molecule has 1 aliphatic rings. The van der Waals surface area contributed by atoms with Gasteiger partial charge in [-0.2, -0.15) is 0 Å². The summed E-state index contributed by atoms with van der Waals surface area (Å²) in [6.07, 6.45) is 4.80. The summed E-state index contributed by atoms with van der Waals surface area (Å²) in [5, 5.41) is 14.6. The first-order valence-corrected chi connectivity index (χ1v) is 7.46. The molecule has 0 unspecified atom stereocenters. The fourth-order valence-electron chi connectivity index (χ4n) is 4.03.